The number of benzene rings is 1. The number of hydrogen-bond acceptors (Lipinski definition) is 6. The quantitative estimate of drug-likeness (QED) is 0.653. The SMILES string of the molecule is CCCCc1cc(N2CCC(N(CC)CC)C2)nc(Nc2ccc(C)c(C#N)c2)n1. The Bertz CT molecular complexity index is 884. The van der Waals surface area contributed by atoms with Crippen molar-refractivity contribution >= 4 is 17.5 Å². The molecule has 30 heavy (non-hydrogen) atoms. The molecule has 1 aliphatic heterocycles. The van der Waals surface area contributed by atoms with Crippen LogP contribution in [-0.4, -0.2) is 47.1 Å². The van der Waals surface area contributed by atoms with Crippen LogP contribution in [0, 0.1) is 18.3 Å². The second-order valence-electron chi connectivity index (χ2n) is 8.02. The molecule has 1 saturated heterocycles. The Morgan fingerprint density at radius 2 is 2.00 bits per heavy atom. The zero-order valence-electron chi connectivity index (χ0n) is 18.8. The van der Waals surface area contributed by atoms with Crippen LogP contribution in [-0.2, 0) is 6.42 Å². The highest BCUT2D eigenvalue weighted by molar-refractivity contribution is 5.59. The lowest BCUT2D eigenvalue weighted by Gasteiger charge is -2.26. The number of likely N-dealkylation sites (N-methyl/N-ethyl adjacent to an activating group) is 1. The highest BCUT2D eigenvalue weighted by Gasteiger charge is 2.27. The van der Waals surface area contributed by atoms with Gasteiger partial charge in [0.25, 0.3) is 0 Å². The number of nitrogens with zero attached hydrogens (tertiary/aromatic N) is 5. The molecule has 2 aromatic rings. The van der Waals surface area contributed by atoms with E-state index < -0.39 is 0 Å². The summed E-state index contributed by atoms with van der Waals surface area (Å²) in [4.78, 5) is 14.5. The highest BCUT2D eigenvalue weighted by Crippen LogP contribution is 2.25. The first kappa shape index (κ1) is 22.0. The zero-order valence-corrected chi connectivity index (χ0v) is 18.8. The van der Waals surface area contributed by atoms with Crippen LogP contribution in [0.1, 0.15) is 56.9 Å². The Morgan fingerprint density at radius 1 is 1.20 bits per heavy atom. The molecule has 6 heteroatoms. The molecule has 1 fully saturated rings. The van der Waals surface area contributed by atoms with Crippen molar-refractivity contribution in [1.29, 1.82) is 5.26 Å². The summed E-state index contributed by atoms with van der Waals surface area (Å²) in [5, 5.41) is 12.7. The number of nitriles is 1. The molecule has 1 unspecified atom stereocenters. The predicted molar refractivity (Wildman–Crippen MR) is 123 cm³/mol. The molecule has 0 amide bonds. The Kier molecular flexibility index (Phi) is 7.64. The van der Waals surface area contributed by atoms with Gasteiger partial charge < -0.3 is 10.2 Å². The maximum atomic E-state index is 9.33. The van der Waals surface area contributed by atoms with Crippen molar-refractivity contribution in [2.75, 3.05) is 36.4 Å². The van der Waals surface area contributed by atoms with E-state index in [9.17, 15) is 5.26 Å². The average Bonchev–Trinajstić information content (AvgIpc) is 3.24. The van der Waals surface area contributed by atoms with Gasteiger partial charge in [-0.15, -0.1) is 0 Å². The molecule has 160 valence electrons. The molecule has 0 aliphatic carbocycles. The summed E-state index contributed by atoms with van der Waals surface area (Å²) in [6, 6.07) is 10.8. The summed E-state index contributed by atoms with van der Waals surface area (Å²) in [5.74, 6) is 1.61. The van der Waals surface area contributed by atoms with E-state index in [2.05, 4.69) is 48.0 Å². The standard InChI is InChI=1S/C24H34N6/c1-5-8-9-20-15-23(30-13-12-22(17-30)29(6-2)7-3)28-24(26-20)27-21-11-10-18(4)19(14-21)16-25/h10-11,14-15,22H,5-9,12-13,17H2,1-4H3,(H,26,27,28). The highest BCUT2D eigenvalue weighted by atomic mass is 15.3. The van der Waals surface area contributed by atoms with Crippen LogP contribution < -0.4 is 10.2 Å². The molecular formula is C24H34N6. The van der Waals surface area contributed by atoms with Gasteiger partial charge in [0.2, 0.25) is 5.95 Å². The molecule has 0 radical (unpaired) electrons. The third-order valence-electron chi connectivity index (χ3n) is 5.98. The minimum absolute atomic E-state index is 0.584. The lowest BCUT2D eigenvalue weighted by atomic mass is 10.1. The molecule has 1 aromatic heterocycles. The van der Waals surface area contributed by atoms with Crippen molar-refractivity contribution in [2.45, 2.75) is 59.4 Å². The molecule has 3 rings (SSSR count). The predicted octanol–water partition coefficient (Wildman–Crippen LogP) is 4.66. The first-order valence-corrected chi connectivity index (χ1v) is 11.2. The van der Waals surface area contributed by atoms with Crippen molar-refractivity contribution in [3.8, 4) is 6.07 Å². The number of rotatable bonds is 9. The van der Waals surface area contributed by atoms with Crippen LogP contribution in [0.2, 0.25) is 0 Å². The maximum Gasteiger partial charge on any atom is 0.229 e. The Hall–Kier alpha value is -2.65. The van der Waals surface area contributed by atoms with Crippen LogP contribution in [0.3, 0.4) is 0 Å². The number of nitrogens with one attached hydrogen (secondary N) is 1. The van der Waals surface area contributed by atoms with Gasteiger partial charge in [-0.3, -0.25) is 4.90 Å². The average molecular weight is 407 g/mol. The van der Waals surface area contributed by atoms with E-state index in [0.717, 1.165) is 68.2 Å². The third kappa shape index (κ3) is 5.28. The van der Waals surface area contributed by atoms with Gasteiger partial charge in [0.05, 0.1) is 11.6 Å². The Labute approximate surface area is 180 Å². The number of unbranched alkanes of at least 4 members (excludes halogenated alkanes) is 1. The lowest BCUT2D eigenvalue weighted by molar-refractivity contribution is 0.232. The van der Waals surface area contributed by atoms with Gasteiger partial charge in [-0.25, -0.2) is 4.98 Å². The van der Waals surface area contributed by atoms with E-state index in [1.165, 1.54) is 6.42 Å². The lowest BCUT2D eigenvalue weighted by Crippen LogP contribution is -2.37. The molecule has 2 heterocycles. The number of aromatic nitrogens is 2. The van der Waals surface area contributed by atoms with E-state index >= 15 is 0 Å². The van der Waals surface area contributed by atoms with Crippen molar-refractivity contribution in [3.63, 3.8) is 0 Å². The number of anilines is 3. The van der Waals surface area contributed by atoms with Gasteiger partial charge in [-0.05, 0) is 57.0 Å². The number of hydrogen-bond donors (Lipinski definition) is 1. The topological polar surface area (TPSA) is 68.1 Å². The normalized spacial score (nSPS) is 16.1. The van der Waals surface area contributed by atoms with E-state index in [1.54, 1.807) is 0 Å². The van der Waals surface area contributed by atoms with Crippen molar-refractivity contribution in [2.24, 2.45) is 0 Å². The smallest absolute Gasteiger partial charge is 0.229 e. The molecule has 1 N–H and O–H groups in total. The summed E-state index contributed by atoms with van der Waals surface area (Å²) < 4.78 is 0. The van der Waals surface area contributed by atoms with Crippen LogP contribution in [0.25, 0.3) is 0 Å². The van der Waals surface area contributed by atoms with Gasteiger partial charge in [-0.2, -0.15) is 10.2 Å². The van der Waals surface area contributed by atoms with Crippen molar-refractivity contribution < 1.29 is 0 Å². The fourth-order valence-electron chi connectivity index (χ4n) is 4.12. The first-order valence-electron chi connectivity index (χ1n) is 11.2. The van der Waals surface area contributed by atoms with Gasteiger partial charge in [0.15, 0.2) is 0 Å². The molecule has 1 aromatic carbocycles. The van der Waals surface area contributed by atoms with E-state index in [4.69, 9.17) is 9.97 Å². The summed E-state index contributed by atoms with van der Waals surface area (Å²) in [6.45, 7) is 12.8. The first-order chi connectivity index (χ1) is 14.6. The molecule has 0 bridgehead atoms. The Balaban J connectivity index is 1.84. The van der Waals surface area contributed by atoms with Gasteiger partial charge in [0, 0.05) is 36.6 Å². The minimum atomic E-state index is 0.584. The minimum Gasteiger partial charge on any atom is -0.355 e. The van der Waals surface area contributed by atoms with Gasteiger partial charge in [0.1, 0.15) is 5.82 Å². The molecular weight excluding hydrogens is 372 g/mol. The summed E-state index contributed by atoms with van der Waals surface area (Å²) in [7, 11) is 0. The molecule has 1 atom stereocenters. The van der Waals surface area contributed by atoms with Crippen LogP contribution in [0.5, 0.6) is 0 Å². The van der Waals surface area contributed by atoms with E-state index in [-0.39, 0.29) is 0 Å². The fraction of sp³-hybridized carbons (Fsp3) is 0.542. The summed E-state index contributed by atoms with van der Waals surface area (Å²) in [5.41, 5.74) is 3.56. The third-order valence-corrected chi connectivity index (χ3v) is 5.98. The largest absolute Gasteiger partial charge is 0.355 e. The molecule has 6 nitrogen and oxygen atoms in total. The second kappa shape index (κ2) is 10.4. The van der Waals surface area contributed by atoms with Crippen molar-refractivity contribution in [3.05, 3.63) is 41.1 Å². The van der Waals surface area contributed by atoms with Crippen molar-refractivity contribution in [1.82, 2.24) is 14.9 Å². The molecule has 0 saturated carbocycles. The Morgan fingerprint density at radius 3 is 2.70 bits per heavy atom. The second-order valence-corrected chi connectivity index (χ2v) is 8.02. The van der Waals surface area contributed by atoms with E-state index in [0.29, 0.717) is 17.6 Å². The van der Waals surface area contributed by atoms with Crippen LogP contribution in [0.15, 0.2) is 24.3 Å². The fourth-order valence-corrected chi connectivity index (χ4v) is 4.12. The van der Waals surface area contributed by atoms with Gasteiger partial charge >= 0.3 is 0 Å². The maximum absolute atomic E-state index is 9.33. The summed E-state index contributed by atoms with van der Waals surface area (Å²) in [6.07, 6.45) is 4.37. The zero-order chi connectivity index (χ0) is 21.5. The van der Waals surface area contributed by atoms with Crippen LogP contribution in [0.4, 0.5) is 17.5 Å². The molecule has 0 spiro atoms. The number of aryl methyl sites for hydroxylation is 2. The van der Waals surface area contributed by atoms with Crippen LogP contribution >= 0.6 is 0 Å². The van der Waals surface area contributed by atoms with E-state index in [1.807, 2.05) is 25.1 Å². The van der Waals surface area contributed by atoms with Gasteiger partial charge in [-0.1, -0.05) is 33.3 Å². The monoisotopic (exact) mass is 406 g/mol. The molecule has 1 aliphatic rings. The summed E-state index contributed by atoms with van der Waals surface area (Å²) >= 11 is 0.